The first-order valence-electron chi connectivity index (χ1n) is 6.84. The van der Waals surface area contributed by atoms with Crippen LogP contribution in [0.25, 0.3) is 0 Å². The van der Waals surface area contributed by atoms with Crippen LogP contribution in [0.2, 0.25) is 0 Å². The van der Waals surface area contributed by atoms with Crippen LogP contribution in [0.4, 0.5) is 0 Å². The lowest BCUT2D eigenvalue weighted by molar-refractivity contribution is -0.169. The number of hydrogen-bond donors (Lipinski definition) is 0. The van der Waals surface area contributed by atoms with Crippen LogP contribution in [0, 0.1) is 6.92 Å². The fourth-order valence-corrected chi connectivity index (χ4v) is 1.48. The van der Waals surface area contributed by atoms with E-state index in [4.69, 9.17) is 9.47 Å². The summed E-state index contributed by atoms with van der Waals surface area (Å²) >= 11 is 0. The molecule has 0 aromatic carbocycles. The van der Waals surface area contributed by atoms with Crippen molar-refractivity contribution in [3.63, 3.8) is 0 Å². The monoisotopic (exact) mass is 284 g/mol. The van der Waals surface area contributed by atoms with Crippen molar-refractivity contribution in [3.8, 4) is 0 Å². The Morgan fingerprint density at radius 2 is 1.65 bits per heavy atom. The molecule has 114 valence electrons. The highest BCUT2D eigenvalue weighted by Crippen LogP contribution is 2.20. The maximum atomic E-state index is 12.0. The molecule has 0 unspecified atom stereocenters. The van der Waals surface area contributed by atoms with Gasteiger partial charge >= 0.3 is 11.9 Å². The Bertz CT molecular complexity index is 422. The summed E-state index contributed by atoms with van der Waals surface area (Å²) in [5.41, 5.74) is -0.880. The standard InChI is InChI=1S/C12H18N2O4.C2H6/c1-5-17-10(15)12(4,11(16)18-6-2)14-8-7-9(3)13-14;1-2/h7-8H,5-6H2,1-4H3;1-2H3. The molecule has 0 atom stereocenters. The van der Waals surface area contributed by atoms with Gasteiger partial charge in [0.05, 0.1) is 18.9 Å². The Hall–Kier alpha value is -1.85. The minimum Gasteiger partial charge on any atom is -0.464 e. The molecule has 20 heavy (non-hydrogen) atoms. The molecule has 0 saturated heterocycles. The Morgan fingerprint density at radius 3 is 1.95 bits per heavy atom. The van der Waals surface area contributed by atoms with Gasteiger partial charge in [-0.1, -0.05) is 13.8 Å². The molecule has 1 heterocycles. The lowest BCUT2D eigenvalue weighted by Gasteiger charge is -2.25. The third-order valence-corrected chi connectivity index (χ3v) is 2.53. The van der Waals surface area contributed by atoms with Gasteiger partial charge < -0.3 is 9.47 Å². The van der Waals surface area contributed by atoms with E-state index in [0.29, 0.717) is 5.69 Å². The van der Waals surface area contributed by atoms with Crippen molar-refractivity contribution in [2.24, 2.45) is 0 Å². The van der Waals surface area contributed by atoms with Crippen LogP contribution in [0.3, 0.4) is 0 Å². The molecule has 0 bridgehead atoms. The van der Waals surface area contributed by atoms with E-state index in [0.717, 1.165) is 0 Å². The van der Waals surface area contributed by atoms with Crippen molar-refractivity contribution in [1.82, 2.24) is 9.78 Å². The van der Waals surface area contributed by atoms with E-state index >= 15 is 0 Å². The highest BCUT2D eigenvalue weighted by atomic mass is 16.6. The summed E-state index contributed by atoms with van der Waals surface area (Å²) in [4.78, 5) is 24.0. The third kappa shape index (κ3) is 3.82. The van der Waals surface area contributed by atoms with E-state index in [-0.39, 0.29) is 13.2 Å². The lowest BCUT2D eigenvalue weighted by Crippen LogP contribution is -2.49. The second kappa shape index (κ2) is 8.35. The fourth-order valence-electron chi connectivity index (χ4n) is 1.48. The normalized spacial score (nSPS) is 10.3. The summed E-state index contributed by atoms with van der Waals surface area (Å²) in [7, 11) is 0. The number of rotatable bonds is 5. The first-order valence-corrected chi connectivity index (χ1v) is 6.84. The Balaban J connectivity index is 0.00000172. The van der Waals surface area contributed by atoms with Crippen LogP contribution in [-0.2, 0) is 24.6 Å². The first kappa shape index (κ1) is 18.1. The Kier molecular flexibility index (Phi) is 7.57. The van der Waals surface area contributed by atoms with E-state index in [1.54, 1.807) is 33.0 Å². The van der Waals surface area contributed by atoms with Crippen LogP contribution < -0.4 is 0 Å². The zero-order valence-electron chi connectivity index (χ0n) is 13.1. The quantitative estimate of drug-likeness (QED) is 0.611. The molecule has 0 fully saturated rings. The minimum atomic E-state index is -1.58. The maximum Gasteiger partial charge on any atom is 0.345 e. The highest BCUT2D eigenvalue weighted by molar-refractivity contribution is 6.01. The molecule has 0 aliphatic rings. The number of nitrogens with zero attached hydrogens (tertiary/aromatic N) is 2. The number of ether oxygens (including phenoxy) is 2. The van der Waals surface area contributed by atoms with Gasteiger partial charge in [0.15, 0.2) is 0 Å². The van der Waals surface area contributed by atoms with Crippen molar-refractivity contribution in [2.45, 2.75) is 47.1 Å². The lowest BCUT2D eigenvalue weighted by atomic mass is 10.0. The molecular weight excluding hydrogens is 260 g/mol. The van der Waals surface area contributed by atoms with Gasteiger partial charge in [0.1, 0.15) is 0 Å². The number of esters is 2. The molecule has 0 spiro atoms. The zero-order chi connectivity index (χ0) is 15.8. The van der Waals surface area contributed by atoms with Crippen LogP contribution in [0.15, 0.2) is 12.3 Å². The molecule has 1 aromatic heterocycles. The molecule has 6 nitrogen and oxygen atoms in total. The van der Waals surface area contributed by atoms with Crippen LogP contribution >= 0.6 is 0 Å². The number of carbonyl (C=O) groups is 2. The molecule has 6 heteroatoms. The minimum absolute atomic E-state index is 0.189. The topological polar surface area (TPSA) is 70.4 Å². The summed E-state index contributed by atoms with van der Waals surface area (Å²) in [5.74, 6) is -1.35. The first-order chi connectivity index (χ1) is 9.46. The molecular formula is C14H24N2O4. The highest BCUT2D eigenvalue weighted by Gasteiger charge is 2.47. The van der Waals surface area contributed by atoms with Crippen molar-refractivity contribution >= 4 is 11.9 Å². The zero-order valence-corrected chi connectivity index (χ0v) is 13.1. The largest absolute Gasteiger partial charge is 0.464 e. The predicted octanol–water partition coefficient (Wildman–Crippen LogP) is 2.06. The fraction of sp³-hybridized carbons (Fsp3) is 0.643. The average Bonchev–Trinajstić information content (AvgIpc) is 2.87. The van der Waals surface area contributed by atoms with Crippen molar-refractivity contribution in [2.75, 3.05) is 13.2 Å². The number of carbonyl (C=O) groups excluding carboxylic acids is 2. The second-order valence-corrected chi connectivity index (χ2v) is 3.91. The van der Waals surface area contributed by atoms with Gasteiger partial charge in [0, 0.05) is 6.20 Å². The molecule has 1 aromatic rings. The van der Waals surface area contributed by atoms with Gasteiger partial charge in [-0.25, -0.2) is 14.3 Å². The summed E-state index contributed by atoms with van der Waals surface area (Å²) < 4.78 is 11.2. The van der Waals surface area contributed by atoms with Crippen molar-refractivity contribution in [1.29, 1.82) is 0 Å². The van der Waals surface area contributed by atoms with Crippen LogP contribution in [0.1, 0.15) is 40.3 Å². The van der Waals surface area contributed by atoms with Gasteiger partial charge in [-0.2, -0.15) is 5.10 Å². The molecule has 0 aliphatic heterocycles. The predicted molar refractivity (Wildman–Crippen MR) is 75.2 cm³/mol. The molecule has 0 radical (unpaired) electrons. The SMILES string of the molecule is CC.CCOC(=O)C(C)(C(=O)OCC)n1ccc(C)n1. The van der Waals surface area contributed by atoms with E-state index < -0.39 is 17.5 Å². The van der Waals surface area contributed by atoms with Gasteiger partial charge in [-0.3, -0.25) is 0 Å². The summed E-state index contributed by atoms with van der Waals surface area (Å²) in [6.45, 7) is 10.9. The van der Waals surface area contributed by atoms with E-state index in [1.807, 2.05) is 13.8 Å². The number of aromatic nitrogens is 2. The molecule has 0 saturated carbocycles. The molecule has 0 aliphatic carbocycles. The van der Waals surface area contributed by atoms with E-state index in [9.17, 15) is 9.59 Å². The summed E-state index contributed by atoms with van der Waals surface area (Å²) in [6, 6.07) is 1.71. The molecule has 0 amide bonds. The smallest absolute Gasteiger partial charge is 0.345 e. The average molecular weight is 284 g/mol. The summed E-state index contributed by atoms with van der Waals surface area (Å²) in [6.07, 6.45) is 1.56. The molecule has 0 N–H and O–H groups in total. The third-order valence-electron chi connectivity index (χ3n) is 2.53. The van der Waals surface area contributed by atoms with Crippen molar-refractivity contribution < 1.29 is 19.1 Å². The number of aryl methyl sites for hydroxylation is 1. The number of hydrogen-bond acceptors (Lipinski definition) is 5. The van der Waals surface area contributed by atoms with E-state index in [1.165, 1.54) is 11.6 Å². The van der Waals surface area contributed by atoms with Gasteiger partial charge in [0.25, 0.3) is 5.54 Å². The van der Waals surface area contributed by atoms with Gasteiger partial charge in [-0.05, 0) is 33.8 Å². The van der Waals surface area contributed by atoms with Gasteiger partial charge in [-0.15, -0.1) is 0 Å². The van der Waals surface area contributed by atoms with E-state index in [2.05, 4.69) is 5.10 Å². The second-order valence-electron chi connectivity index (χ2n) is 3.91. The maximum absolute atomic E-state index is 12.0. The van der Waals surface area contributed by atoms with Crippen LogP contribution in [0.5, 0.6) is 0 Å². The van der Waals surface area contributed by atoms with Crippen molar-refractivity contribution in [3.05, 3.63) is 18.0 Å². The summed E-state index contributed by atoms with van der Waals surface area (Å²) in [5, 5.41) is 4.10. The molecule has 1 rings (SSSR count). The Labute approximate surface area is 120 Å². The Morgan fingerprint density at radius 1 is 1.20 bits per heavy atom. The van der Waals surface area contributed by atoms with Gasteiger partial charge in [0.2, 0.25) is 0 Å². The van der Waals surface area contributed by atoms with Crippen LogP contribution in [-0.4, -0.2) is 34.9 Å².